The van der Waals surface area contributed by atoms with Crippen LogP contribution in [0.1, 0.15) is 25.1 Å². The molecule has 0 fully saturated rings. The van der Waals surface area contributed by atoms with Gasteiger partial charge in [0.05, 0.1) is 5.69 Å². The molecule has 0 aromatic carbocycles. The van der Waals surface area contributed by atoms with Gasteiger partial charge in [-0.2, -0.15) is 13.2 Å². The van der Waals surface area contributed by atoms with E-state index in [0.29, 0.717) is 5.69 Å². The summed E-state index contributed by atoms with van der Waals surface area (Å²) in [4.78, 5) is 14.8. The van der Waals surface area contributed by atoms with Gasteiger partial charge in [0.15, 0.2) is 5.13 Å². The number of carbonyl (C=O) groups is 1. The minimum Gasteiger partial charge on any atom is -0.323 e. The van der Waals surface area contributed by atoms with Crippen LogP contribution in [0.4, 0.5) is 18.3 Å². The van der Waals surface area contributed by atoms with Gasteiger partial charge in [-0.25, -0.2) is 4.98 Å². The maximum atomic E-state index is 11.8. The summed E-state index contributed by atoms with van der Waals surface area (Å²) in [6, 6.07) is -0.315. The van der Waals surface area contributed by atoms with E-state index in [1.807, 2.05) is 0 Å². The van der Waals surface area contributed by atoms with Crippen LogP contribution >= 0.6 is 11.3 Å². The minimum atomic E-state index is -4.51. The molecular formula is C8H10F3N3OS. The number of thiazole rings is 1. The van der Waals surface area contributed by atoms with Crippen LogP contribution < -0.4 is 11.1 Å². The second-order valence-corrected chi connectivity index (χ2v) is 4.06. The molecule has 0 radical (unpaired) electrons. The third-order valence-corrected chi connectivity index (χ3v) is 2.37. The standard InChI is InChI=1S/C8H10F3N3OS/c1-4(12)5-3-16-7(13-5)14-6(15)2-8(9,10)11/h3-4H,2,12H2,1H3,(H,13,14,15). The molecule has 0 saturated carbocycles. The quantitative estimate of drug-likeness (QED) is 0.866. The highest BCUT2D eigenvalue weighted by atomic mass is 32.1. The second kappa shape index (κ2) is 4.79. The van der Waals surface area contributed by atoms with Gasteiger partial charge < -0.3 is 11.1 Å². The highest BCUT2D eigenvalue weighted by Crippen LogP contribution is 2.22. The second-order valence-electron chi connectivity index (χ2n) is 3.21. The number of hydrogen-bond acceptors (Lipinski definition) is 4. The summed E-state index contributed by atoms with van der Waals surface area (Å²) in [5.74, 6) is -1.13. The molecule has 4 nitrogen and oxygen atoms in total. The van der Waals surface area contributed by atoms with E-state index in [1.165, 1.54) is 0 Å². The molecule has 0 aliphatic carbocycles. The zero-order chi connectivity index (χ0) is 12.3. The van der Waals surface area contributed by atoms with Gasteiger partial charge >= 0.3 is 6.18 Å². The summed E-state index contributed by atoms with van der Waals surface area (Å²) in [5.41, 5.74) is 6.05. The normalized spacial score (nSPS) is 13.6. The molecule has 1 amide bonds. The SMILES string of the molecule is CC(N)c1csc(NC(=O)CC(F)(F)F)n1. The van der Waals surface area contributed by atoms with Crippen LogP contribution in [0.3, 0.4) is 0 Å². The Balaban J connectivity index is 2.57. The molecule has 0 spiro atoms. The van der Waals surface area contributed by atoms with Crippen molar-refractivity contribution in [3.8, 4) is 0 Å². The lowest BCUT2D eigenvalue weighted by atomic mass is 10.3. The van der Waals surface area contributed by atoms with Crippen LogP contribution in [-0.4, -0.2) is 17.1 Å². The monoisotopic (exact) mass is 253 g/mol. The summed E-state index contributed by atoms with van der Waals surface area (Å²) >= 11 is 1.04. The molecule has 1 rings (SSSR count). The molecule has 0 aliphatic rings. The topological polar surface area (TPSA) is 68.0 Å². The van der Waals surface area contributed by atoms with Crippen molar-refractivity contribution in [1.29, 1.82) is 0 Å². The van der Waals surface area contributed by atoms with Gasteiger partial charge in [0.1, 0.15) is 6.42 Å². The van der Waals surface area contributed by atoms with E-state index in [1.54, 1.807) is 12.3 Å². The Morgan fingerprint density at radius 3 is 2.75 bits per heavy atom. The molecule has 1 heterocycles. The molecular weight excluding hydrogens is 243 g/mol. The van der Waals surface area contributed by atoms with Gasteiger partial charge in [-0.05, 0) is 6.92 Å². The number of halogens is 3. The number of rotatable bonds is 3. The van der Waals surface area contributed by atoms with Crippen LogP contribution in [0.15, 0.2) is 5.38 Å². The summed E-state index contributed by atoms with van der Waals surface area (Å²) in [6.45, 7) is 1.69. The molecule has 0 bridgehead atoms. The van der Waals surface area contributed by atoms with E-state index in [4.69, 9.17) is 5.73 Å². The average molecular weight is 253 g/mol. The van der Waals surface area contributed by atoms with Crippen LogP contribution in [-0.2, 0) is 4.79 Å². The Bertz CT molecular complexity index is 375. The highest BCUT2D eigenvalue weighted by molar-refractivity contribution is 7.13. The van der Waals surface area contributed by atoms with Crippen LogP contribution in [0, 0.1) is 0 Å². The zero-order valence-corrected chi connectivity index (χ0v) is 9.15. The Kier molecular flexibility index (Phi) is 3.87. The number of alkyl halides is 3. The predicted molar refractivity (Wildman–Crippen MR) is 54.0 cm³/mol. The van der Waals surface area contributed by atoms with Gasteiger partial charge in [0.25, 0.3) is 0 Å². The van der Waals surface area contributed by atoms with Crippen molar-refractivity contribution in [2.75, 3.05) is 5.32 Å². The predicted octanol–water partition coefficient (Wildman–Crippen LogP) is 2.05. The van der Waals surface area contributed by atoms with Gasteiger partial charge in [-0.1, -0.05) is 0 Å². The number of nitrogens with one attached hydrogen (secondary N) is 1. The van der Waals surface area contributed by atoms with E-state index in [2.05, 4.69) is 10.3 Å². The van der Waals surface area contributed by atoms with Gasteiger partial charge in [0.2, 0.25) is 5.91 Å². The van der Waals surface area contributed by atoms with Crippen molar-refractivity contribution < 1.29 is 18.0 Å². The number of aromatic nitrogens is 1. The van der Waals surface area contributed by atoms with Crippen LogP contribution in [0.5, 0.6) is 0 Å². The van der Waals surface area contributed by atoms with Gasteiger partial charge in [0, 0.05) is 11.4 Å². The highest BCUT2D eigenvalue weighted by Gasteiger charge is 2.31. The van der Waals surface area contributed by atoms with Crippen molar-refractivity contribution in [2.45, 2.75) is 25.6 Å². The zero-order valence-electron chi connectivity index (χ0n) is 8.34. The maximum Gasteiger partial charge on any atom is 0.397 e. The van der Waals surface area contributed by atoms with E-state index in [-0.39, 0.29) is 11.2 Å². The largest absolute Gasteiger partial charge is 0.397 e. The third-order valence-electron chi connectivity index (χ3n) is 1.60. The smallest absolute Gasteiger partial charge is 0.323 e. The summed E-state index contributed by atoms with van der Waals surface area (Å²) in [6.07, 6.45) is -6.02. The first-order chi connectivity index (χ1) is 7.28. The lowest BCUT2D eigenvalue weighted by Gasteiger charge is -2.05. The Morgan fingerprint density at radius 2 is 2.31 bits per heavy atom. The van der Waals surface area contributed by atoms with E-state index < -0.39 is 18.5 Å². The van der Waals surface area contributed by atoms with Crippen molar-refractivity contribution in [3.63, 3.8) is 0 Å². The first-order valence-electron chi connectivity index (χ1n) is 4.35. The van der Waals surface area contributed by atoms with Crippen LogP contribution in [0.25, 0.3) is 0 Å². The third kappa shape index (κ3) is 4.15. The number of hydrogen-bond donors (Lipinski definition) is 2. The van der Waals surface area contributed by atoms with E-state index in [0.717, 1.165) is 11.3 Å². The molecule has 1 atom stereocenters. The first-order valence-corrected chi connectivity index (χ1v) is 5.23. The number of nitrogens with zero attached hydrogens (tertiary/aromatic N) is 1. The maximum absolute atomic E-state index is 11.8. The molecule has 8 heteroatoms. The van der Waals surface area contributed by atoms with Gasteiger partial charge in [-0.15, -0.1) is 11.3 Å². The molecule has 3 N–H and O–H groups in total. The molecule has 16 heavy (non-hydrogen) atoms. The molecule has 1 aromatic heterocycles. The lowest BCUT2D eigenvalue weighted by molar-refractivity contribution is -0.150. The Labute approximate surface area is 93.7 Å². The molecule has 0 aliphatic heterocycles. The van der Waals surface area contributed by atoms with E-state index >= 15 is 0 Å². The Hall–Kier alpha value is -1.15. The Morgan fingerprint density at radius 1 is 1.69 bits per heavy atom. The number of nitrogens with two attached hydrogens (primary N) is 1. The summed E-state index contributed by atoms with van der Waals surface area (Å²) in [7, 11) is 0. The number of amides is 1. The van der Waals surface area contributed by atoms with Crippen molar-refractivity contribution in [2.24, 2.45) is 5.73 Å². The fourth-order valence-electron chi connectivity index (χ4n) is 0.898. The molecule has 1 unspecified atom stereocenters. The number of anilines is 1. The fourth-order valence-corrected chi connectivity index (χ4v) is 1.73. The summed E-state index contributed by atoms with van der Waals surface area (Å²) < 4.78 is 35.5. The fraction of sp³-hybridized carbons (Fsp3) is 0.500. The van der Waals surface area contributed by atoms with Gasteiger partial charge in [-0.3, -0.25) is 4.79 Å². The minimum absolute atomic E-state index is 0.126. The average Bonchev–Trinajstić information content (AvgIpc) is 2.48. The van der Waals surface area contributed by atoms with Crippen molar-refractivity contribution >= 4 is 22.4 Å². The molecule has 0 saturated heterocycles. The summed E-state index contributed by atoms with van der Waals surface area (Å²) in [5, 5.41) is 3.78. The molecule has 1 aromatic rings. The van der Waals surface area contributed by atoms with E-state index in [9.17, 15) is 18.0 Å². The lowest BCUT2D eigenvalue weighted by Crippen LogP contribution is -2.21. The van der Waals surface area contributed by atoms with Crippen molar-refractivity contribution in [3.05, 3.63) is 11.1 Å². The first kappa shape index (κ1) is 12.9. The van der Waals surface area contributed by atoms with Crippen molar-refractivity contribution in [1.82, 2.24) is 4.98 Å². The molecule has 90 valence electrons. The number of carbonyl (C=O) groups excluding carboxylic acids is 1. The van der Waals surface area contributed by atoms with Crippen LogP contribution in [0.2, 0.25) is 0 Å².